The molecule has 4 nitrogen and oxygen atoms in total. The number of nitrogens with one attached hydrogen (secondary N) is 2. The molecule has 1 aliphatic rings. The van der Waals surface area contributed by atoms with Crippen LogP contribution in [-0.2, 0) is 0 Å². The highest BCUT2D eigenvalue weighted by Crippen LogP contribution is 2.23. The number of carbonyl (C=O) groups excluding carboxylic acids is 1. The average Bonchev–Trinajstić information content (AvgIpc) is 2.78. The van der Waals surface area contributed by atoms with Crippen molar-refractivity contribution in [1.29, 1.82) is 0 Å². The molecule has 1 saturated heterocycles. The molecule has 0 radical (unpaired) electrons. The van der Waals surface area contributed by atoms with Crippen molar-refractivity contribution in [2.24, 2.45) is 5.92 Å². The highest BCUT2D eigenvalue weighted by molar-refractivity contribution is 6.41. The van der Waals surface area contributed by atoms with Crippen LogP contribution >= 0.6 is 23.2 Å². The Morgan fingerprint density at radius 2 is 2.30 bits per heavy atom. The number of aromatic nitrogens is 1. The molecule has 1 fully saturated rings. The third-order valence-electron chi connectivity index (χ3n) is 3.61. The summed E-state index contributed by atoms with van der Waals surface area (Å²) in [5, 5.41) is 4.11. The predicted molar refractivity (Wildman–Crippen MR) is 82.6 cm³/mol. The lowest BCUT2D eigenvalue weighted by Crippen LogP contribution is -2.41. The smallest absolute Gasteiger partial charge is 0.270 e. The number of halogens is 2. The zero-order valence-corrected chi connectivity index (χ0v) is 13.2. The van der Waals surface area contributed by atoms with Gasteiger partial charge in [0.2, 0.25) is 0 Å². The number of H-pyrrole nitrogens is 1. The number of rotatable bonds is 5. The van der Waals surface area contributed by atoms with Crippen molar-refractivity contribution in [2.45, 2.75) is 26.2 Å². The standard InChI is InChI=1S/C14H21Cl2N3O/c1-2-6-19(9-10-4-3-5-17-8-10)14(20)12-7-11(15)13(16)18-12/h7,10,17-18H,2-6,8-9H2,1H3. The lowest BCUT2D eigenvalue weighted by atomic mass is 9.99. The molecular formula is C14H21Cl2N3O. The molecule has 1 aliphatic heterocycles. The number of amides is 1. The van der Waals surface area contributed by atoms with Crippen molar-refractivity contribution in [3.05, 3.63) is 21.9 Å². The highest BCUT2D eigenvalue weighted by Gasteiger charge is 2.22. The summed E-state index contributed by atoms with van der Waals surface area (Å²) in [4.78, 5) is 17.3. The molecule has 2 heterocycles. The molecule has 2 rings (SSSR count). The minimum Gasteiger partial charge on any atom is -0.340 e. The molecule has 1 unspecified atom stereocenters. The first-order valence-corrected chi connectivity index (χ1v) is 7.91. The van der Waals surface area contributed by atoms with Crippen LogP contribution in [0.5, 0.6) is 0 Å². The van der Waals surface area contributed by atoms with E-state index in [1.165, 1.54) is 12.8 Å². The Bertz CT molecular complexity index is 436. The second-order valence-electron chi connectivity index (χ2n) is 5.31. The van der Waals surface area contributed by atoms with Crippen molar-refractivity contribution in [2.75, 3.05) is 26.2 Å². The maximum atomic E-state index is 12.5. The van der Waals surface area contributed by atoms with Crippen LogP contribution in [0.3, 0.4) is 0 Å². The van der Waals surface area contributed by atoms with Crippen LogP contribution in [0.1, 0.15) is 36.7 Å². The molecular weight excluding hydrogens is 297 g/mol. The van der Waals surface area contributed by atoms with Gasteiger partial charge in [0, 0.05) is 13.1 Å². The summed E-state index contributed by atoms with van der Waals surface area (Å²) in [7, 11) is 0. The minimum atomic E-state index is -0.0220. The van der Waals surface area contributed by atoms with E-state index in [-0.39, 0.29) is 5.91 Å². The second-order valence-corrected chi connectivity index (χ2v) is 6.09. The largest absolute Gasteiger partial charge is 0.340 e. The Balaban J connectivity index is 2.04. The SMILES string of the molecule is CCCN(CC1CCCNC1)C(=O)c1cc(Cl)c(Cl)[nH]1. The Kier molecular flexibility index (Phi) is 5.75. The molecule has 0 bridgehead atoms. The minimum absolute atomic E-state index is 0.0220. The molecule has 112 valence electrons. The summed E-state index contributed by atoms with van der Waals surface area (Å²) in [6, 6.07) is 1.61. The third-order valence-corrected chi connectivity index (χ3v) is 4.31. The van der Waals surface area contributed by atoms with Gasteiger partial charge in [-0.2, -0.15) is 0 Å². The fraction of sp³-hybridized carbons (Fsp3) is 0.643. The van der Waals surface area contributed by atoms with Gasteiger partial charge >= 0.3 is 0 Å². The quantitative estimate of drug-likeness (QED) is 0.876. The summed E-state index contributed by atoms with van der Waals surface area (Å²) >= 11 is 11.8. The third kappa shape index (κ3) is 3.90. The number of carbonyl (C=O) groups is 1. The first-order chi connectivity index (χ1) is 9.61. The maximum absolute atomic E-state index is 12.5. The van der Waals surface area contributed by atoms with E-state index in [0.29, 0.717) is 21.8 Å². The fourth-order valence-electron chi connectivity index (χ4n) is 2.63. The summed E-state index contributed by atoms with van der Waals surface area (Å²) in [6.07, 6.45) is 3.29. The molecule has 1 amide bonds. The van der Waals surface area contributed by atoms with Gasteiger partial charge in [0.25, 0.3) is 5.91 Å². The molecule has 20 heavy (non-hydrogen) atoms. The van der Waals surface area contributed by atoms with Gasteiger partial charge in [-0.15, -0.1) is 0 Å². The molecule has 1 aromatic rings. The molecule has 2 N–H and O–H groups in total. The fourth-order valence-corrected chi connectivity index (χ4v) is 2.94. The van der Waals surface area contributed by atoms with E-state index < -0.39 is 0 Å². The van der Waals surface area contributed by atoms with Gasteiger partial charge in [-0.1, -0.05) is 30.1 Å². The van der Waals surface area contributed by atoms with E-state index >= 15 is 0 Å². The molecule has 0 aliphatic carbocycles. The van der Waals surface area contributed by atoms with E-state index in [1.54, 1.807) is 6.07 Å². The Morgan fingerprint density at radius 3 is 2.85 bits per heavy atom. The second kappa shape index (κ2) is 7.34. The van der Waals surface area contributed by atoms with Crippen LogP contribution < -0.4 is 5.32 Å². The first kappa shape index (κ1) is 15.7. The Morgan fingerprint density at radius 1 is 1.50 bits per heavy atom. The number of hydrogen-bond acceptors (Lipinski definition) is 2. The summed E-state index contributed by atoms with van der Waals surface area (Å²) in [5.74, 6) is 0.506. The molecule has 1 aromatic heterocycles. The van der Waals surface area contributed by atoms with E-state index in [1.807, 2.05) is 4.90 Å². The van der Waals surface area contributed by atoms with Crippen LogP contribution in [-0.4, -0.2) is 42.0 Å². The number of nitrogens with zero attached hydrogens (tertiary/aromatic N) is 1. The Hall–Kier alpha value is -0.710. The molecule has 0 saturated carbocycles. The van der Waals surface area contributed by atoms with Crippen molar-refractivity contribution < 1.29 is 4.79 Å². The topological polar surface area (TPSA) is 48.1 Å². The van der Waals surface area contributed by atoms with Gasteiger partial charge in [-0.05, 0) is 44.3 Å². The number of piperidine rings is 1. The Labute approximate surface area is 129 Å². The van der Waals surface area contributed by atoms with Gasteiger partial charge in [-0.25, -0.2) is 0 Å². The van der Waals surface area contributed by atoms with Crippen molar-refractivity contribution in [3.63, 3.8) is 0 Å². The van der Waals surface area contributed by atoms with Crippen LogP contribution in [0.15, 0.2) is 6.07 Å². The molecule has 6 heteroatoms. The van der Waals surface area contributed by atoms with E-state index in [4.69, 9.17) is 23.2 Å². The van der Waals surface area contributed by atoms with Gasteiger partial charge in [-0.3, -0.25) is 4.79 Å². The van der Waals surface area contributed by atoms with Crippen molar-refractivity contribution in [1.82, 2.24) is 15.2 Å². The first-order valence-electron chi connectivity index (χ1n) is 7.15. The average molecular weight is 318 g/mol. The highest BCUT2D eigenvalue weighted by atomic mass is 35.5. The lowest BCUT2D eigenvalue weighted by Gasteiger charge is -2.29. The summed E-state index contributed by atoms with van der Waals surface area (Å²) in [6.45, 7) is 5.69. The maximum Gasteiger partial charge on any atom is 0.270 e. The zero-order chi connectivity index (χ0) is 14.5. The number of hydrogen-bond donors (Lipinski definition) is 2. The van der Waals surface area contributed by atoms with Gasteiger partial charge < -0.3 is 15.2 Å². The van der Waals surface area contributed by atoms with E-state index in [9.17, 15) is 4.79 Å². The van der Waals surface area contributed by atoms with E-state index in [2.05, 4.69) is 17.2 Å². The molecule has 1 atom stereocenters. The van der Waals surface area contributed by atoms with E-state index in [0.717, 1.165) is 32.6 Å². The van der Waals surface area contributed by atoms with Gasteiger partial charge in [0.15, 0.2) is 0 Å². The van der Waals surface area contributed by atoms with Crippen LogP contribution in [0.25, 0.3) is 0 Å². The predicted octanol–water partition coefficient (Wildman–Crippen LogP) is 3.17. The summed E-state index contributed by atoms with van der Waals surface area (Å²) < 4.78 is 0. The van der Waals surface area contributed by atoms with Gasteiger partial charge in [0.1, 0.15) is 10.8 Å². The van der Waals surface area contributed by atoms with Crippen LogP contribution in [0.2, 0.25) is 10.2 Å². The van der Waals surface area contributed by atoms with Gasteiger partial charge in [0.05, 0.1) is 5.02 Å². The number of aromatic amines is 1. The van der Waals surface area contributed by atoms with Crippen molar-refractivity contribution in [3.8, 4) is 0 Å². The normalized spacial score (nSPS) is 19.1. The molecule has 0 spiro atoms. The molecule has 0 aromatic carbocycles. The zero-order valence-electron chi connectivity index (χ0n) is 11.7. The van der Waals surface area contributed by atoms with Crippen molar-refractivity contribution >= 4 is 29.1 Å². The monoisotopic (exact) mass is 317 g/mol. The summed E-state index contributed by atoms with van der Waals surface area (Å²) in [5.41, 5.74) is 0.470. The lowest BCUT2D eigenvalue weighted by molar-refractivity contribution is 0.0713. The van der Waals surface area contributed by atoms with Crippen LogP contribution in [0.4, 0.5) is 0 Å². The van der Waals surface area contributed by atoms with Crippen LogP contribution in [0, 0.1) is 5.92 Å².